The lowest BCUT2D eigenvalue weighted by Gasteiger charge is -2.16. The fourth-order valence-corrected chi connectivity index (χ4v) is 1.27. The molecule has 0 saturated carbocycles. The van der Waals surface area contributed by atoms with Gasteiger partial charge in [0.2, 0.25) is 5.91 Å². The van der Waals surface area contributed by atoms with Crippen LogP contribution in [0.1, 0.15) is 18.9 Å². The molecule has 7 heteroatoms. The number of hydrogen-bond donors (Lipinski definition) is 1. The fourth-order valence-electron chi connectivity index (χ4n) is 1.27. The molecule has 1 atom stereocenters. The number of halogens is 3. The van der Waals surface area contributed by atoms with Crippen molar-refractivity contribution in [2.75, 3.05) is 11.9 Å². The van der Waals surface area contributed by atoms with Crippen LogP contribution >= 0.6 is 0 Å². The van der Waals surface area contributed by atoms with E-state index < -0.39 is 18.2 Å². The minimum atomic E-state index is -4.43. The van der Waals surface area contributed by atoms with E-state index in [2.05, 4.69) is 10.1 Å². The minimum absolute atomic E-state index is 0.180. The molecule has 0 spiro atoms. The van der Waals surface area contributed by atoms with Gasteiger partial charge in [-0.15, -0.1) is 0 Å². The summed E-state index contributed by atoms with van der Waals surface area (Å²) in [6, 6.07) is 8.06. The van der Waals surface area contributed by atoms with E-state index in [0.29, 0.717) is 11.3 Å². The molecule has 1 aromatic carbocycles. The van der Waals surface area contributed by atoms with E-state index in [-0.39, 0.29) is 13.0 Å². The number of amides is 1. The fraction of sp³-hybridized carbons (Fsp3) is 0.385. The summed E-state index contributed by atoms with van der Waals surface area (Å²) in [4.78, 5) is 11.5. The van der Waals surface area contributed by atoms with E-state index in [9.17, 15) is 18.0 Å². The molecule has 0 saturated heterocycles. The van der Waals surface area contributed by atoms with Crippen LogP contribution < -0.4 is 5.32 Å². The van der Waals surface area contributed by atoms with Crippen LogP contribution in [0.5, 0.6) is 0 Å². The highest BCUT2D eigenvalue weighted by Crippen LogP contribution is 2.22. The van der Waals surface area contributed by atoms with Gasteiger partial charge in [-0.2, -0.15) is 18.4 Å². The van der Waals surface area contributed by atoms with Gasteiger partial charge in [0.25, 0.3) is 0 Å². The lowest BCUT2D eigenvalue weighted by molar-refractivity contribution is -0.214. The van der Waals surface area contributed by atoms with Crippen LogP contribution in [0.4, 0.5) is 18.9 Å². The molecule has 1 unspecified atom stereocenters. The van der Waals surface area contributed by atoms with Gasteiger partial charge in [-0.05, 0) is 31.2 Å². The maximum absolute atomic E-state index is 12.1. The molecule has 108 valence electrons. The molecule has 0 fully saturated rings. The van der Waals surface area contributed by atoms with Crippen LogP contribution in [0, 0.1) is 11.3 Å². The van der Waals surface area contributed by atoms with Gasteiger partial charge in [0.1, 0.15) is 0 Å². The Hall–Kier alpha value is -2.07. The smallest absolute Gasteiger partial charge is 0.369 e. The highest BCUT2D eigenvalue weighted by molar-refractivity contribution is 5.90. The molecule has 1 rings (SSSR count). The Bertz CT molecular complexity index is 492. The number of nitriles is 1. The molecule has 4 nitrogen and oxygen atoms in total. The number of alkyl halides is 3. The van der Waals surface area contributed by atoms with Gasteiger partial charge in [0.15, 0.2) is 6.10 Å². The molecule has 0 aliphatic carbocycles. The Kier molecular flexibility index (Phi) is 5.53. The maximum atomic E-state index is 12.1. The summed E-state index contributed by atoms with van der Waals surface area (Å²) in [6.45, 7) is 0.571. The first-order valence-electron chi connectivity index (χ1n) is 5.81. The third-order valence-corrected chi connectivity index (χ3v) is 2.46. The zero-order chi connectivity index (χ0) is 15.2. The molecule has 20 heavy (non-hydrogen) atoms. The highest BCUT2D eigenvalue weighted by Gasteiger charge is 2.36. The van der Waals surface area contributed by atoms with Gasteiger partial charge >= 0.3 is 6.18 Å². The number of rotatable bonds is 5. The third kappa shape index (κ3) is 5.28. The third-order valence-electron chi connectivity index (χ3n) is 2.46. The predicted molar refractivity (Wildman–Crippen MR) is 65.9 cm³/mol. The number of nitrogens with zero attached hydrogens (tertiary/aromatic N) is 1. The molecule has 1 N–H and O–H groups in total. The van der Waals surface area contributed by atoms with Crippen LogP contribution in [0.25, 0.3) is 0 Å². The lowest BCUT2D eigenvalue weighted by atomic mass is 10.2. The predicted octanol–water partition coefficient (Wildman–Crippen LogP) is 2.85. The monoisotopic (exact) mass is 286 g/mol. The number of benzene rings is 1. The first-order valence-corrected chi connectivity index (χ1v) is 5.81. The maximum Gasteiger partial charge on any atom is 0.414 e. The zero-order valence-corrected chi connectivity index (χ0v) is 10.7. The van der Waals surface area contributed by atoms with Gasteiger partial charge in [-0.1, -0.05) is 0 Å². The van der Waals surface area contributed by atoms with Gasteiger partial charge in [-0.3, -0.25) is 4.79 Å². The Morgan fingerprint density at radius 3 is 2.50 bits per heavy atom. The van der Waals surface area contributed by atoms with E-state index in [0.717, 1.165) is 6.92 Å². The van der Waals surface area contributed by atoms with Crippen molar-refractivity contribution < 1.29 is 22.7 Å². The van der Waals surface area contributed by atoms with Gasteiger partial charge in [0.05, 0.1) is 24.7 Å². The molecule has 1 aromatic rings. The van der Waals surface area contributed by atoms with Crippen LogP contribution in [0.3, 0.4) is 0 Å². The summed E-state index contributed by atoms with van der Waals surface area (Å²) < 4.78 is 40.9. The van der Waals surface area contributed by atoms with Gasteiger partial charge in [0, 0.05) is 5.69 Å². The molecule has 0 aliphatic rings. The first-order chi connectivity index (χ1) is 9.32. The number of anilines is 1. The van der Waals surface area contributed by atoms with Crippen LogP contribution in [0.15, 0.2) is 24.3 Å². The van der Waals surface area contributed by atoms with E-state index in [1.54, 1.807) is 0 Å². The van der Waals surface area contributed by atoms with Crippen LogP contribution in [-0.4, -0.2) is 24.8 Å². The van der Waals surface area contributed by atoms with Crippen molar-refractivity contribution in [3.8, 4) is 6.07 Å². The second-order valence-corrected chi connectivity index (χ2v) is 4.04. The lowest BCUT2D eigenvalue weighted by Crippen LogP contribution is -2.29. The molecular formula is C13H13F3N2O2. The summed E-state index contributed by atoms with van der Waals surface area (Å²) >= 11 is 0. The minimum Gasteiger partial charge on any atom is -0.369 e. The van der Waals surface area contributed by atoms with Crippen molar-refractivity contribution in [1.29, 1.82) is 5.26 Å². The average Bonchev–Trinajstić information content (AvgIpc) is 2.38. The molecule has 1 amide bonds. The average molecular weight is 286 g/mol. The standard InChI is InChI=1S/C13H13F3N2O2/c1-9(13(14,15)16)20-7-6-12(19)18-11-4-2-10(8-17)3-5-11/h2-5,9H,6-7H2,1H3,(H,18,19). The summed E-state index contributed by atoms with van der Waals surface area (Å²) in [7, 11) is 0. The summed E-state index contributed by atoms with van der Waals surface area (Å²) in [6.07, 6.45) is -6.51. The number of carbonyl (C=O) groups excluding carboxylic acids is 1. The normalized spacial score (nSPS) is 12.6. The summed E-state index contributed by atoms with van der Waals surface area (Å²) in [5, 5.41) is 11.1. The summed E-state index contributed by atoms with van der Waals surface area (Å²) in [5.41, 5.74) is 0.920. The first kappa shape index (κ1) is 16.0. The van der Waals surface area contributed by atoms with E-state index in [1.807, 2.05) is 6.07 Å². The van der Waals surface area contributed by atoms with E-state index >= 15 is 0 Å². The number of ether oxygens (including phenoxy) is 1. The van der Waals surface area contributed by atoms with Gasteiger partial charge < -0.3 is 10.1 Å². The van der Waals surface area contributed by atoms with E-state index in [4.69, 9.17) is 5.26 Å². The van der Waals surface area contributed by atoms with Crippen molar-refractivity contribution >= 4 is 11.6 Å². The Balaban J connectivity index is 2.35. The Morgan fingerprint density at radius 2 is 2.00 bits per heavy atom. The quantitative estimate of drug-likeness (QED) is 0.905. The number of hydrogen-bond acceptors (Lipinski definition) is 3. The van der Waals surface area contributed by atoms with Crippen molar-refractivity contribution in [3.63, 3.8) is 0 Å². The molecular weight excluding hydrogens is 273 g/mol. The SMILES string of the molecule is CC(OCCC(=O)Nc1ccc(C#N)cc1)C(F)(F)F. The van der Waals surface area contributed by atoms with Crippen molar-refractivity contribution in [2.24, 2.45) is 0 Å². The van der Waals surface area contributed by atoms with Crippen molar-refractivity contribution in [2.45, 2.75) is 25.6 Å². The number of nitrogens with one attached hydrogen (secondary N) is 1. The number of carbonyl (C=O) groups is 1. The van der Waals surface area contributed by atoms with Crippen LogP contribution in [0.2, 0.25) is 0 Å². The molecule has 0 radical (unpaired) electrons. The molecule has 0 aliphatic heterocycles. The largest absolute Gasteiger partial charge is 0.414 e. The molecule has 0 aromatic heterocycles. The highest BCUT2D eigenvalue weighted by atomic mass is 19.4. The second-order valence-electron chi connectivity index (χ2n) is 4.04. The van der Waals surface area contributed by atoms with Crippen molar-refractivity contribution in [1.82, 2.24) is 0 Å². The zero-order valence-electron chi connectivity index (χ0n) is 10.7. The van der Waals surface area contributed by atoms with E-state index in [1.165, 1.54) is 24.3 Å². The topological polar surface area (TPSA) is 62.1 Å². The van der Waals surface area contributed by atoms with Crippen molar-refractivity contribution in [3.05, 3.63) is 29.8 Å². The Labute approximate surface area is 114 Å². The molecule has 0 heterocycles. The van der Waals surface area contributed by atoms with Gasteiger partial charge in [-0.25, -0.2) is 0 Å². The molecule has 0 bridgehead atoms. The Morgan fingerprint density at radius 1 is 1.40 bits per heavy atom. The van der Waals surface area contributed by atoms with Crippen LogP contribution in [-0.2, 0) is 9.53 Å². The second kappa shape index (κ2) is 6.91. The summed E-state index contributed by atoms with van der Waals surface area (Å²) in [5.74, 6) is -0.455.